The lowest BCUT2D eigenvalue weighted by Gasteiger charge is -2.18. The summed E-state index contributed by atoms with van der Waals surface area (Å²) in [6, 6.07) is 19.6. The van der Waals surface area contributed by atoms with E-state index in [4.69, 9.17) is 0 Å². The van der Waals surface area contributed by atoms with Crippen LogP contribution in [0.5, 0.6) is 0 Å². The van der Waals surface area contributed by atoms with Crippen molar-refractivity contribution < 1.29 is 9.59 Å². The molecule has 33 heavy (non-hydrogen) atoms. The Bertz CT molecular complexity index is 1150. The zero-order chi connectivity index (χ0) is 23.2. The predicted molar refractivity (Wildman–Crippen MR) is 131 cm³/mol. The Hall–Kier alpha value is -3.45. The Balaban J connectivity index is 1.55. The SMILES string of the molecule is CCN(CC)CCCNC(=O)CN1N=C(c2ccccc2)Cn2c(cc3ccccc32)C1=O. The van der Waals surface area contributed by atoms with Gasteiger partial charge >= 0.3 is 0 Å². The average Bonchev–Trinajstić information content (AvgIpc) is 3.15. The standard InChI is InChI=1S/C26H31N5O2/c1-3-29(4-2)16-10-15-27-25(32)19-31-26(33)24-17-21-13-8-9-14-23(21)30(24)18-22(28-31)20-11-6-5-7-12-20/h5-9,11-14,17H,3-4,10,15-16,18-19H2,1-2H3,(H,27,32). The minimum absolute atomic E-state index is 0.109. The van der Waals surface area contributed by atoms with Gasteiger partial charge in [0, 0.05) is 17.4 Å². The number of nitrogens with zero attached hydrogens (tertiary/aromatic N) is 4. The summed E-state index contributed by atoms with van der Waals surface area (Å²) in [5.41, 5.74) is 3.20. The highest BCUT2D eigenvalue weighted by Gasteiger charge is 2.27. The van der Waals surface area contributed by atoms with Gasteiger partial charge in [-0.1, -0.05) is 62.4 Å². The van der Waals surface area contributed by atoms with Gasteiger partial charge in [-0.25, -0.2) is 5.01 Å². The third-order valence-electron chi connectivity index (χ3n) is 6.08. The molecule has 2 aromatic carbocycles. The summed E-state index contributed by atoms with van der Waals surface area (Å²) >= 11 is 0. The van der Waals surface area contributed by atoms with Crippen molar-refractivity contribution >= 4 is 28.4 Å². The van der Waals surface area contributed by atoms with Crippen LogP contribution in [0.3, 0.4) is 0 Å². The summed E-state index contributed by atoms with van der Waals surface area (Å²) in [5.74, 6) is -0.473. The molecule has 0 unspecified atom stereocenters. The van der Waals surface area contributed by atoms with Gasteiger partial charge in [-0.15, -0.1) is 0 Å². The van der Waals surface area contributed by atoms with Crippen molar-refractivity contribution in [2.45, 2.75) is 26.8 Å². The van der Waals surface area contributed by atoms with Crippen molar-refractivity contribution in [3.05, 3.63) is 71.9 Å². The second-order valence-electron chi connectivity index (χ2n) is 8.18. The van der Waals surface area contributed by atoms with Gasteiger partial charge in [0.15, 0.2) is 0 Å². The summed E-state index contributed by atoms with van der Waals surface area (Å²) in [5, 5.41) is 9.90. The Morgan fingerprint density at radius 1 is 1.06 bits per heavy atom. The smallest absolute Gasteiger partial charge is 0.291 e. The molecule has 2 amide bonds. The minimum Gasteiger partial charge on any atom is -0.354 e. The molecule has 1 aliphatic heterocycles. The van der Waals surface area contributed by atoms with Crippen LogP contribution in [-0.2, 0) is 11.3 Å². The number of carbonyl (C=O) groups is 2. The number of hydrogen-bond acceptors (Lipinski definition) is 4. The average molecular weight is 446 g/mol. The second-order valence-corrected chi connectivity index (χ2v) is 8.18. The first kappa shape index (κ1) is 22.7. The summed E-state index contributed by atoms with van der Waals surface area (Å²) < 4.78 is 1.99. The molecule has 172 valence electrons. The van der Waals surface area contributed by atoms with Crippen molar-refractivity contribution in [1.82, 2.24) is 19.8 Å². The molecule has 3 aromatic rings. The van der Waals surface area contributed by atoms with Gasteiger partial charge < -0.3 is 14.8 Å². The van der Waals surface area contributed by atoms with Crippen molar-refractivity contribution in [3.8, 4) is 0 Å². The number of hydrazone groups is 1. The molecule has 2 heterocycles. The van der Waals surface area contributed by atoms with Crippen LogP contribution < -0.4 is 5.32 Å². The van der Waals surface area contributed by atoms with Crippen molar-refractivity contribution in [2.24, 2.45) is 5.10 Å². The lowest BCUT2D eigenvalue weighted by Crippen LogP contribution is -2.39. The molecule has 0 radical (unpaired) electrons. The molecular formula is C26H31N5O2. The number of amides is 2. The first-order chi connectivity index (χ1) is 16.1. The van der Waals surface area contributed by atoms with E-state index >= 15 is 0 Å². The molecule has 0 saturated heterocycles. The molecule has 7 nitrogen and oxygen atoms in total. The summed E-state index contributed by atoms with van der Waals surface area (Å²) in [4.78, 5) is 28.4. The molecule has 0 spiro atoms. The van der Waals surface area contributed by atoms with Gasteiger partial charge in [-0.05, 0) is 43.8 Å². The van der Waals surface area contributed by atoms with E-state index in [1.165, 1.54) is 5.01 Å². The fraction of sp³-hybridized carbons (Fsp3) is 0.346. The molecule has 1 N–H and O–H groups in total. The molecule has 0 atom stereocenters. The normalized spacial score (nSPS) is 13.7. The van der Waals surface area contributed by atoms with Crippen LogP contribution in [0.1, 0.15) is 36.3 Å². The fourth-order valence-corrected chi connectivity index (χ4v) is 4.21. The summed E-state index contributed by atoms with van der Waals surface area (Å²) in [6.45, 7) is 8.13. The molecule has 0 fully saturated rings. The van der Waals surface area contributed by atoms with E-state index in [1.807, 2.05) is 65.2 Å². The van der Waals surface area contributed by atoms with Gasteiger partial charge in [-0.2, -0.15) is 5.10 Å². The van der Waals surface area contributed by atoms with Gasteiger partial charge in [0.2, 0.25) is 5.91 Å². The molecule has 0 saturated carbocycles. The van der Waals surface area contributed by atoms with Gasteiger partial charge in [0.05, 0.1) is 12.3 Å². The van der Waals surface area contributed by atoms with Crippen LogP contribution in [0, 0.1) is 0 Å². The molecule has 0 bridgehead atoms. The number of para-hydroxylation sites is 1. The minimum atomic E-state index is -0.268. The van der Waals surface area contributed by atoms with Crippen molar-refractivity contribution in [1.29, 1.82) is 0 Å². The first-order valence-electron chi connectivity index (χ1n) is 11.6. The Morgan fingerprint density at radius 3 is 2.55 bits per heavy atom. The Kier molecular flexibility index (Phi) is 7.19. The topological polar surface area (TPSA) is 69.9 Å². The first-order valence-corrected chi connectivity index (χ1v) is 11.6. The van der Waals surface area contributed by atoms with E-state index in [-0.39, 0.29) is 18.4 Å². The molecule has 4 rings (SSSR count). The number of aromatic nitrogens is 1. The van der Waals surface area contributed by atoms with E-state index in [0.29, 0.717) is 18.8 Å². The van der Waals surface area contributed by atoms with Gasteiger partial charge in [0.25, 0.3) is 5.91 Å². The van der Waals surface area contributed by atoms with E-state index in [1.54, 1.807) is 0 Å². The molecule has 1 aliphatic rings. The number of fused-ring (bicyclic) bond motifs is 3. The second kappa shape index (κ2) is 10.4. The molecule has 1 aromatic heterocycles. The van der Waals surface area contributed by atoms with Crippen molar-refractivity contribution in [2.75, 3.05) is 32.7 Å². The highest BCUT2D eigenvalue weighted by Crippen LogP contribution is 2.24. The van der Waals surface area contributed by atoms with Crippen LogP contribution in [0.4, 0.5) is 0 Å². The number of hydrogen-bond donors (Lipinski definition) is 1. The number of rotatable bonds is 9. The molecule has 0 aliphatic carbocycles. The summed E-state index contributed by atoms with van der Waals surface area (Å²) in [7, 11) is 0. The number of carbonyl (C=O) groups excluding carboxylic acids is 2. The Labute approximate surface area is 194 Å². The highest BCUT2D eigenvalue weighted by atomic mass is 16.2. The van der Waals surface area contributed by atoms with E-state index in [9.17, 15) is 9.59 Å². The zero-order valence-electron chi connectivity index (χ0n) is 19.3. The maximum Gasteiger partial charge on any atom is 0.291 e. The number of benzene rings is 2. The number of nitrogens with one attached hydrogen (secondary N) is 1. The van der Waals surface area contributed by atoms with E-state index < -0.39 is 0 Å². The van der Waals surface area contributed by atoms with Crippen LogP contribution in [0.2, 0.25) is 0 Å². The largest absolute Gasteiger partial charge is 0.354 e. The monoisotopic (exact) mass is 445 g/mol. The zero-order valence-corrected chi connectivity index (χ0v) is 19.3. The van der Waals surface area contributed by atoms with E-state index in [0.717, 1.165) is 48.2 Å². The van der Waals surface area contributed by atoms with E-state index in [2.05, 4.69) is 29.2 Å². The van der Waals surface area contributed by atoms with Crippen LogP contribution in [-0.4, -0.2) is 64.7 Å². The van der Waals surface area contributed by atoms with Crippen LogP contribution in [0.25, 0.3) is 10.9 Å². The maximum atomic E-state index is 13.4. The van der Waals surface area contributed by atoms with Gasteiger partial charge in [0.1, 0.15) is 12.2 Å². The summed E-state index contributed by atoms with van der Waals surface area (Å²) in [6.07, 6.45) is 0.869. The predicted octanol–water partition coefficient (Wildman–Crippen LogP) is 3.35. The van der Waals surface area contributed by atoms with Gasteiger partial charge in [-0.3, -0.25) is 9.59 Å². The molecule has 7 heteroatoms. The van der Waals surface area contributed by atoms with Crippen molar-refractivity contribution in [3.63, 3.8) is 0 Å². The molecular weight excluding hydrogens is 414 g/mol. The highest BCUT2D eigenvalue weighted by molar-refractivity contribution is 6.07. The third-order valence-corrected chi connectivity index (χ3v) is 6.08. The van der Waals surface area contributed by atoms with Crippen LogP contribution in [0.15, 0.2) is 65.8 Å². The third kappa shape index (κ3) is 5.14. The Morgan fingerprint density at radius 2 is 1.79 bits per heavy atom. The maximum absolute atomic E-state index is 13.4. The quantitative estimate of drug-likeness (QED) is 0.514. The lowest BCUT2D eigenvalue weighted by molar-refractivity contribution is -0.121. The fourth-order valence-electron chi connectivity index (χ4n) is 4.21. The lowest BCUT2D eigenvalue weighted by atomic mass is 10.1. The van der Waals surface area contributed by atoms with Crippen LogP contribution >= 0.6 is 0 Å².